The van der Waals surface area contributed by atoms with Crippen LogP contribution in [0.2, 0.25) is 0 Å². The van der Waals surface area contributed by atoms with E-state index in [4.69, 9.17) is 9.57 Å². The van der Waals surface area contributed by atoms with Gasteiger partial charge in [0.2, 0.25) is 0 Å². The number of hydroxylamine groups is 2. The Morgan fingerprint density at radius 1 is 1.40 bits per heavy atom. The molecule has 0 saturated carbocycles. The molecule has 3 nitrogen and oxygen atoms in total. The third-order valence-corrected chi connectivity index (χ3v) is 2.68. The average molecular weight is 207 g/mol. The Bertz CT molecular complexity index is 302. The Kier molecular flexibility index (Phi) is 3.36. The van der Waals surface area contributed by atoms with Crippen molar-refractivity contribution < 1.29 is 9.57 Å². The van der Waals surface area contributed by atoms with Crippen molar-refractivity contribution in [3.63, 3.8) is 0 Å². The Morgan fingerprint density at radius 3 is 2.80 bits per heavy atom. The van der Waals surface area contributed by atoms with Gasteiger partial charge in [0.05, 0.1) is 6.04 Å². The van der Waals surface area contributed by atoms with Crippen molar-refractivity contribution in [1.82, 2.24) is 5.06 Å². The summed E-state index contributed by atoms with van der Waals surface area (Å²) >= 11 is 0. The highest BCUT2D eigenvalue weighted by Crippen LogP contribution is 2.32. The highest BCUT2D eigenvalue weighted by molar-refractivity contribution is 5.19. The van der Waals surface area contributed by atoms with Crippen LogP contribution in [0, 0.1) is 0 Å². The van der Waals surface area contributed by atoms with Crippen LogP contribution in [0.5, 0.6) is 0 Å². The summed E-state index contributed by atoms with van der Waals surface area (Å²) in [5.74, 6) is 0. The molecule has 1 fully saturated rings. The minimum atomic E-state index is -0.0924. The summed E-state index contributed by atoms with van der Waals surface area (Å²) in [5, 5.41) is 1.88. The van der Waals surface area contributed by atoms with E-state index in [2.05, 4.69) is 24.3 Å². The van der Waals surface area contributed by atoms with Crippen molar-refractivity contribution in [2.45, 2.75) is 25.7 Å². The molecule has 0 radical (unpaired) electrons. The van der Waals surface area contributed by atoms with Crippen LogP contribution in [0.4, 0.5) is 0 Å². The van der Waals surface area contributed by atoms with Gasteiger partial charge in [-0.2, -0.15) is 5.06 Å². The minimum Gasteiger partial charge on any atom is -0.351 e. The quantitative estimate of drug-likeness (QED) is 0.759. The Labute approximate surface area is 90.6 Å². The van der Waals surface area contributed by atoms with Gasteiger partial charge in [0, 0.05) is 20.1 Å². The normalized spacial score (nSPS) is 27.1. The van der Waals surface area contributed by atoms with Gasteiger partial charge in [-0.05, 0) is 12.5 Å². The highest BCUT2D eigenvalue weighted by Gasteiger charge is 2.32. The van der Waals surface area contributed by atoms with Gasteiger partial charge in [0.1, 0.15) is 0 Å². The Hall–Kier alpha value is -0.900. The van der Waals surface area contributed by atoms with E-state index in [0.29, 0.717) is 12.6 Å². The lowest BCUT2D eigenvalue weighted by molar-refractivity contribution is -0.227. The zero-order valence-corrected chi connectivity index (χ0v) is 9.22. The second-order valence-electron chi connectivity index (χ2n) is 3.70. The number of ether oxygens (including phenoxy) is 1. The third-order valence-electron chi connectivity index (χ3n) is 2.68. The summed E-state index contributed by atoms with van der Waals surface area (Å²) in [6.45, 7) is 2.68. The molecule has 1 aromatic rings. The minimum absolute atomic E-state index is 0.0924. The van der Waals surface area contributed by atoms with Crippen LogP contribution in [0.15, 0.2) is 30.3 Å². The maximum Gasteiger partial charge on any atom is 0.179 e. The van der Waals surface area contributed by atoms with Gasteiger partial charge in [-0.15, -0.1) is 0 Å². The fourth-order valence-electron chi connectivity index (χ4n) is 1.94. The number of hydrogen-bond acceptors (Lipinski definition) is 3. The average Bonchev–Trinajstić information content (AvgIpc) is 2.61. The van der Waals surface area contributed by atoms with Gasteiger partial charge in [-0.1, -0.05) is 30.3 Å². The molecule has 0 spiro atoms. The fraction of sp³-hybridized carbons (Fsp3) is 0.500. The van der Waals surface area contributed by atoms with Gasteiger partial charge < -0.3 is 4.74 Å². The van der Waals surface area contributed by atoms with Crippen molar-refractivity contribution in [2.24, 2.45) is 0 Å². The molecule has 2 rings (SSSR count). The lowest BCUT2D eigenvalue weighted by Gasteiger charge is -2.16. The van der Waals surface area contributed by atoms with Crippen molar-refractivity contribution >= 4 is 0 Å². The molecule has 1 heterocycles. The fourth-order valence-corrected chi connectivity index (χ4v) is 1.94. The summed E-state index contributed by atoms with van der Waals surface area (Å²) in [5.41, 5.74) is 1.28. The van der Waals surface area contributed by atoms with Crippen LogP contribution in [0.1, 0.15) is 24.9 Å². The molecule has 0 aliphatic carbocycles. The SMILES string of the molecule is CCO[C@@H]1C[C@@H](c2ccccc2)N(C)O1. The molecule has 2 atom stereocenters. The molecule has 82 valence electrons. The predicted octanol–water partition coefficient (Wildman–Crippen LogP) is 2.36. The van der Waals surface area contributed by atoms with Gasteiger partial charge in [0.15, 0.2) is 6.29 Å². The molecule has 1 aliphatic rings. The van der Waals surface area contributed by atoms with Crippen molar-refractivity contribution in [3.8, 4) is 0 Å². The standard InChI is InChI=1S/C12H17NO2/c1-3-14-12-9-11(13(2)15-12)10-7-5-4-6-8-10/h4-8,11-12H,3,9H2,1-2H3/t11-,12-/m0/s1. The van der Waals surface area contributed by atoms with E-state index in [-0.39, 0.29) is 6.29 Å². The maximum atomic E-state index is 5.58. The van der Waals surface area contributed by atoms with E-state index in [1.807, 2.05) is 25.1 Å². The number of benzene rings is 1. The van der Waals surface area contributed by atoms with Gasteiger partial charge >= 0.3 is 0 Å². The Morgan fingerprint density at radius 2 is 2.13 bits per heavy atom. The second-order valence-corrected chi connectivity index (χ2v) is 3.70. The largest absolute Gasteiger partial charge is 0.351 e. The summed E-state index contributed by atoms with van der Waals surface area (Å²) in [7, 11) is 1.96. The lowest BCUT2D eigenvalue weighted by Crippen LogP contribution is -2.17. The first-order valence-corrected chi connectivity index (χ1v) is 5.37. The molecule has 15 heavy (non-hydrogen) atoms. The summed E-state index contributed by atoms with van der Waals surface area (Å²) < 4.78 is 5.46. The van der Waals surface area contributed by atoms with E-state index in [0.717, 1.165) is 6.42 Å². The number of rotatable bonds is 3. The highest BCUT2D eigenvalue weighted by atomic mass is 16.8. The first-order chi connectivity index (χ1) is 7.31. The summed E-state index contributed by atoms with van der Waals surface area (Å²) in [6, 6.07) is 10.7. The monoisotopic (exact) mass is 207 g/mol. The first-order valence-electron chi connectivity index (χ1n) is 5.37. The summed E-state index contributed by atoms with van der Waals surface area (Å²) in [4.78, 5) is 5.58. The number of hydrogen-bond donors (Lipinski definition) is 0. The van der Waals surface area contributed by atoms with Crippen LogP contribution >= 0.6 is 0 Å². The molecule has 0 bridgehead atoms. The van der Waals surface area contributed by atoms with Crippen LogP contribution in [-0.2, 0) is 9.57 Å². The molecular weight excluding hydrogens is 190 g/mol. The van der Waals surface area contributed by atoms with Crippen LogP contribution in [0.3, 0.4) is 0 Å². The van der Waals surface area contributed by atoms with E-state index in [1.165, 1.54) is 5.56 Å². The van der Waals surface area contributed by atoms with Crippen molar-refractivity contribution in [1.29, 1.82) is 0 Å². The second kappa shape index (κ2) is 4.75. The molecule has 1 saturated heterocycles. The van der Waals surface area contributed by atoms with Crippen molar-refractivity contribution in [3.05, 3.63) is 35.9 Å². The topological polar surface area (TPSA) is 21.7 Å². The van der Waals surface area contributed by atoms with Crippen molar-refractivity contribution in [2.75, 3.05) is 13.7 Å². The van der Waals surface area contributed by atoms with E-state index in [9.17, 15) is 0 Å². The molecule has 1 aromatic carbocycles. The van der Waals surface area contributed by atoms with E-state index >= 15 is 0 Å². The smallest absolute Gasteiger partial charge is 0.179 e. The zero-order chi connectivity index (χ0) is 10.7. The molecule has 0 aromatic heterocycles. The molecule has 0 amide bonds. The molecule has 0 N–H and O–H groups in total. The van der Waals surface area contributed by atoms with Crippen LogP contribution < -0.4 is 0 Å². The Balaban J connectivity index is 2.05. The first kappa shape index (κ1) is 10.6. The van der Waals surface area contributed by atoms with Crippen LogP contribution in [-0.4, -0.2) is 25.0 Å². The molecule has 1 aliphatic heterocycles. The molecule has 0 unspecified atom stereocenters. The lowest BCUT2D eigenvalue weighted by atomic mass is 10.0. The summed E-state index contributed by atoms with van der Waals surface area (Å²) in [6.07, 6.45) is 0.805. The molecular formula is C12H17NO2. The third kappa shape index (κ3) is 2.37. The maximum absolute atomic E-state index is 5.58. The van der Waals surface area contributed by atoms with Crippen LogP contribution in [0.25, 0.3) is 0 Å². The van der Waals surface area contributed by atoms with E-state index in [1.54, 1.807) is 0 Å². The molecule has 3 heteroatoms. The van der Waals surface area contributed by atoms with Gasteiger partial charge in [-0.25, -0.2) is 0 Å². The van der Waals surface area contributed by atoms with Gasteiger partial charge in [-0.3, -0.25) is 4.84 Å². The number of nitrogens with zero attached hydrogens (tertiary/aromatic N) is 1. The van der Waals surface area contributed by atoms with E-state index < -0.39 is 0 Å². The van der Waals surface area contributed by atoms with Gasteiger partial charge in [0.25, 0.3) is 0 Å². The zero-order valence-electron chi connectivity index (χ0n) is 9.22. The predicted molar refractivity (Wildman–Crippen MR) is 58.1 cm³/mol.